The maximum absolute atomic E-state index is 12.4. The molecule has 0 spiro atoms. The number of carbonyl (C=O) groups excluding carboxylic acids is 3. The summed E-state index contributed by atoms with van der Waals surface area (Å²) in [6, 6.07) is 4.31. The van der Waals surface area contributed by atoms with Gasteiger partial charge in [0.2, 0.25) is 0 Å². The van der Waals surface area contributed by atoms with Crippen LogP contribution in [0.3, 0.4) is 0 Å². The number of alkyl halides is 3. The maximum Gasteiger partial charge on any atom is 3.00 e. The molecule has 0 aromatic heterocycles. The Labute approximate surface area is 272 Å². The van der Waals surface area contributed by atoms with Crippen LogP contribution in [0.25, 0.3) is 0 Å². The minimum Gasteiger partial charge on any atom is -0.549 e. The van der Waals surface area contributed by atoms with Gasteiger partial charge in [-0.3, -0.25) is 24.4 Å². The van der Waals surface area contributed by atoms with Gasteiger partial charge in [-0.05, 0) is 24.1 Å². The number of benzene rings is 1. The number of nitrogens with zero attached hydrogens (tertiary/aromatic N) is 4. The van der Waals surface area contributed by atoms with Gasteiger partial charge in [0.25, 0.3) is 0 Å². The third-order valence-electron chi connectivity index (χ3n) is 6.41. The zero-order chi connectivity index (χ0) is 30.6. The summed E-state index contributed by atoms with van der Waals surface area (Å²) in [7, 11) is 0. The molecule has 42 heavy (non-hydrogen) atoms. The summed E-state index contributed by atoms with van der Waals surface area (Å²) in [4.78, 5) is 52.2. The van der Waals surface area contributed by atoms with E-state index in [9.17, 15) is 52.8 Å². The fourth-order valence-electron chi connectivity index (χ4n) is 4.37. The van der Waals surface area contributed by atoms with Crippen LogP contribution >= 0.6 is 0 Å². The van der Waals surface area contributed by atoms with E-state index in [-0.39, 0.29) is 104 Å². The van der Waals surface area contributed by atoms with E-state index >= 15 is 0 Å². The molecule has 0 saturated carbocycles. The number of rotatable bonds is 12. The van der Waals surface area contributed by atoms with E-state index in [2.05, 4.69) is 4.74 Å². The first-order chi connectivity index (χ1) is 19.2. The average Bonchev–Trinajstić information content (AvgIpc) is 2.85. The quantitative estimate of drug-likeness (QED) is 0.220. The first kappa shape index (κ1) is 37.9. The summed E-state index contributed by atoms with van der Waals surface area (Å²) >= 11 is 0. The van der Waals surface area contributed by atoms with Crippen LogP contribution in [0.15, 0.2) is 24.3 Å². The van der Waals surface area contributed by atoms with Crippen molar-refractivity contribution in [2.75, 3.05) is 78.6 Å². The minimum absolute atomic E-state index is 0. The molecule has 1 atom stereocenters. The molecule has 235 valence electrons. The maximum atomic E-state index is 12.4. The Morgan fingerprint density at radius 3 is 1.48 bits per heavy atom. The summed E-state index contributed by atoms with van der Waals surface area (Å²) in [5.74, 6) is -5.37. The number of carbonyl (C=O) groups is 4. The van der Waals surface area contributed by atoms with Gasteiger partial charge >= 0.3 is 52.1 Å². The molecule has 17 heteroatoms. The Morgan fingerprint density at radius 2 is 1.14 bits per heavy atom. The number of hydrogen-bond acceptors (Lipinski definition) is 12. The number of carboxylic acids is 4. The second-order valence-electron chi connectivity index (χ2n) is 9.59. The van der Waals surface area contributed by atoms with Gasteiger partial charge in [0.05, 0.1) is 17.9 Å². The zero-order valence-electron chi connectivity index (χ0n) is 22.6. The van der Waals surface area contributed by atoms with E-state index in [1.807, 2.05) is 0 Å². The van der Waals surface area contributed by atoms with Crippen LogP contribution in [0, 0.1) is 39.9 Å². The molecule has 1 aliphatic heterocycles. The van der Waals surface area contributed by atoms with Crippen molar-refractivity contribution in [3.8, 4) is 5.75 Å². The molecule has 0 aliphatic carbocycles. The van der Waals surface area contributed by atoms with Crippen LogP contribution in [-0.4, -0.2) is 139 Å². The van der Waals surface area contributed by atoms with E-state index in [1.54, 1.807) is 4.90 Å². The second kappa shape index (κ2) is 18.5. The van der Waals surface area contributed by atoms with E-state index < -0.39 is 62.3 Å². The normalized spacial score (nSPS) is 17.7. The van der Waals surface area contributed by atoms with E-state index in [4.69, 9.17) is 0 Å². The molecule has 0 amide bonds. The third-order valence-corrected chi connectivity index (χ3v) is 6.41. The van der Waals surface area contributed by atoms with Crippen molar-refractivity contribution >= 4 is 23.9 Å². The molecule has 1 aromatic carbocycles. The van der Waals surface area contributed by atoms with Crippen molar-refractivity contribution in [2.24, 2.45) is 0 Å². The van der Waals surface area contributed by atoms with Gasteiger partial charge in [-0.25, -0.2) is 0 Å². The van der Waals surface area contributed by atoms with Crippen molar-refractivity contribution in [2.45, 2.75) is 18.6 Å². The monoisotopic (exact) mass is 747 g/mol. The first-order valence-corrected chi connectivity index (χ1v) is 12.7. The van der Waals surface area contributed by atoms with Crippen molar-refractivity contribution in [1.29, 1.82) is 0 Å². The molecule has 1 saturated heterocycles. The Balaban J connectivity index is 0.00000882. The number of halogens is 3. The van der Waals surface area contributed by atoms with Gasteiger partial charge in [0.15, 0.2) is 6.61 Å². The van der Waals surface area contributed by atoms with Gasteiger partial charge in [-0.15, -0.1) is 0 Å². The molecule has 1 aliphatic rings. The van der Waals surface area contributed by atoms with Gasteiger partial charge < -0.3 is 39.5 Å². The number of aliphatic carboxylic acids is 4. The molecule has 1 aromatic rings. The Kier molecular flexibility index (Phi) is 16.7. The molecular formula is C25H32F3GdN4O9. The fourth-order valence-corrected chi connectivity index (χ4v) is 4.37. The standard InChI is InChI=1S/C25H35F3N4O9.Gd/c26-25(27,28)17-41-19-3-1-18(2-4-19)13-20(24(39)40)32-11-9-30(15-22(35)36)7-5-29(14-21(33)34)6-8-31(10-12-32)16-23(37)38;/h1-4,20H,5-17H2,(H,33,34)(H,35,36)(H,37,38)(H,39,40);/q;+3/p-3. The third kappa shape index (κ3) is 15.4. The van der Waals surface area contributed by atoms with Crippen molar-refractivity contribution < 1.29 is 97.5 Å². The predicted molar refractivity (Wildman–Crippen MR) is 129 cm³/mol. The van der Waals surface area contributed by atoms with E-state index in [0.29, 0.717) is 5.56 Å². The predicted octanol–water partition coefficient (Wildman–Crippen LogP) is -3.91. The smallest absolute Gasteiger partial charge is 0.549 e. The van der Waals surface area contributed by atoms with Gasteiger partial charge in [-0.1, -0.05) is 12.1 Å². The van der Waals surface area contributed by atoms with Crippen molar-refractivity contribution in [1.82, 2.24) is 19.6 Å². The van der Waals surface area contributed by atoms with Gasteiger partial charge in [0.1, 0.15) is 11.8 Å². The summed E-state index contributed by atoms with van der Waals surface area (Å²) in [5, 5.41) is 43.9. The van der Waals surface area contributed by atoms with Gasteiger partial charge in [0, 0.05) is 72.0 Å². The fraction of sp³-hybridized carbons (Fsp3) is 0.600. The van der Waals surface area contributed by atoms with Crippen LogP contribution in [0.2, 0.25) is 0 Å². The Bertz CT molecular complexity index is 1000. The van der Waals surface area contributed by atoms with Crippen LogP contribution < -0.4 is 20.1 Å². The minimum atomic E-state index is -4.52. The van der Waals surface area contributed by atoms with Gasteiger partial charge in [-0.2, -0.15) is 13.2 Å². The number of carboxylic acid groups (broad SMARTS) is 4. The summed E-state index contributed by atoms with van der Waals surface area (Å²) in [5.41, 5.74) is 0.485. The average molecular weight is 747 g/mol. The molecule has 1 fully saturated rings. The molecule has 13 nitrogen and oxygen atoms in total. The largest absolute Gasteiger partial charge is 3.00 e. The molecule has 1 heterocycles. The van der Waals surface area contributed by atoms with Crippen molar-refractivity contribution in [3.63, 3.8) is 0 Å². The van der Waals surface area contributed by atoms with E-state index in [0.717, 1.165) is 0 Å². The molecular weight excluding hydrogens is 715 g/mol. The summed E-state index contributed by atoms with van der Waals surface area (Å²) in [6.45, 7) is -2.21. The first-order valence-electron chi connectivity index (χ1n) is 12.7. The van der Waals surface area contributed by atoms with Crippen LogP contribution in [0.5, 0.6) is 5.75 Å². The summed E-state index contributed by atoms with van der Waals surface area (Å²) in [6.07, 6.45) is -4.58. The molecule has 1 unspecified atom stereocenters. The molecule has 0 bridgehead atoms. The van der Waals surface area contributed by atoms with Crippen molar-refractivity contribution in [3.05, 3.63) is 29.8 Å². The zero-order valence-corrected chi connectivity index (χ0v) is 24.8. The van der Waals surface area contributed by atoms with Crippen LogP contribution in [-0.2, 0) is 25.6 Å². The van der Waals surface area contributed by atoms with Crippen LogP contribution in [0.4, 0.5) is 13.2 Å². The molecule has 1 N–H and O–H groups in total. The van der Waals surface area contributed by atoms with Crippen LogP contribution in [0.1, 0.15) is 5.56 Å². The topological polar surface area (TPSA) is 180 Å². The number of hydrogen-bond donors (Lipinski definition) is 1. The second-order valence-corrected chi connectivity index (χ2v) is 9.59. The molecule has 1 radical (unpaired) electrons. The Morgan fingerprint density at radius 1 is 0.762 bits per heavy atom. The van der Waals surface area contributed by atoms with E-state index in [1.165, 1.54) is 39.0 Å². The molecule has 2 rings (SSSR count). The SMILES string of the molecule is O=C([O-])CN1CCN(CC(=O)[O-])CCN(C(Cc2ccc(OCC(F)(F)F)cc2)C(=O)O)CCN(CC(=O)[O-])CC1.[Gd+3]. The number of ether oxygens (including phenoxy) is 1. The Hall–Kier alpha value is -2.15. The summed E-state index contributed by atoms with van der Waals surface area (Å²) < 4.78 is 41.9.